The lowest BCUT2D eigenvalue weighted by Gasteiger charge is -2.16. The molecule has 186 valence electrons. The summed E-state index contributed by atoms with van der Waals surface area (Å²) in [7, 11) is 7.81. The number of methoxy groups -OCH3 is 5. The van der Waals surface area contributed by atoms with Crippen LogP contribution >= 0.6 is 0 Å². The van der Waals surface area contributed by atoms with Gasteiger partial charge in [-0.15, -0.1) is 0 Å². The van der Waals surface area contributed by atoms with E-state index in [1.165, 1.54) is 0 Å². The molecule has 8 heteroatoms. The molecule has 3 aromatic carbocycles. The number of pyridine rings is 1. The number of hydrogen-bond acceptors (Lipinski definition) is 7. The zero-order valence-corrected chi connectivity index (χ0v) is 20.9. The van der Waals surface area contributed by atoms with Gasteiger partial charge in [-0.3, -0.25) is 4.79 Å². The number of aromatic nitrogens is 1. The van der Waals surface area contributed by atoms with E-state index in [4.69, 9.17) is 28.7 Å². The van der Waals surface area contributed by atoms with E-state index in [9.17, 15) is 4.79 Å². The standard InChI is InChI=1S/C28H28N2O6/c1-32-23-12-8-9-17(26(23)35-4)16-29-28(31)20-15-22(30-21-11-7-6-10-19(20)21)18-13-24(33-2)27(36-5)25(14-18)34-3/h6-15H,16H2,1-5H3,(H,29,31). The minimum atomic E-state index is -0.243. The fourth-order valence-corrected chi connectivity index (χ4v) is 4.10. The molecule has 0 aliphatic carbocycles. The Morgan fingerprint density at radius 3 is 2.06 bits per heavy atom. The Bertz CT molecular complexity index is 1380. The summed E-state index contributed by atoms with van der Waals surface area (Å²) in [4.78, 5) is 18.2. The Hall–Kier alpha value is -4.46. The number of carbonyl (C=O) groups is 1. The second kappa shape index (κ2) is 10.9. The van der Waals surface area contributed by atoms with Gasteiger partial charge in [0.05, 0.1) is 52.3 Å². The molecule has 0 fully saturated rings. The van der Waals surface area contributed by atoms with Gasteiger partial charge in [0, 0.05) is 23.1 Å². The molecule has 0 aliphatic heterocycles. The van der Waals surface area contributed by atoms with Crippen LogP contribution in [0.2, 0.25) is 0 Å². The van der Waals surface area contributed by atoms with Crippen LogP contribution in [0.15, 0.2) is 60.7 Å². The maximum atomic E-state index is 13.4. The minimum Gasteiger partial charge on any atom is -0.493 e. The van der Waals surface area contributed by atoms with E-state index in [0.717, 1.165) is 16.5 Å². The van der Waals surface area contributed by atoms with Crippen LogP contribution in [-0.2, 0) is 6.54 Å². The number of nitrogens with one attached hydrogen (secondary N) is 1. The maximum absolute atomic E-state index is 13.4. The molecule has 0 radical (unpaired) electrons. The molecule has 0 aliphatic rings. The average molecular weight is 489 g/mol. The van der Waals surface area contributed by atoms with E-state index < -0.39 is 0 Å². The van der Waals surface area contributed by atoms with Gasteiger partial charge < -0.3 is 29.0 Å². The first kappa shape index (κ1) is 24.7. The van der Waals surface area contributed by atoms with Crippen LogP contribution in [0.3, 0.4) is 0 Å². The number of hydrogen-bond donors (Lipinski definition) is 1. The van der Waals surface area contributed by atoms with E-state index in [1.807, 2.05) is 42.5 Å². The molecule has 1 amide bonds. The lowest BCUT2D eigenvalue weighted by Crippen LogP contribution is -2.23. The van der Waals surface area contributed by atoms with Crippen molar-refractivity contribution in [3.63, 3.8) is 0 Å². The highest BCUT2D eigenvalue weighted by molar-refractivity contribution is 6.07. The molecule has 36 heavy (non-hydrogen) atoms. The molecule has 4 aromatic rings. The molecule has 1 aromatic heterocycles. The SMILES string of the molecule is COc1cccc(CNC(=O)c2cc(-c3cc(OC)c(OC)c(OC)c3)nc3ccccc23)c1OC. The van der Waals surface area contributed by atoms with Crippen LogP contribution in [0.25, 0.3) is 22.2 Å². The molecule has 0 unspecified atom stereocenters. The van der Waals surface area contributed by atoms with Gasteiger partial charge in [0.15, 0.2) is 23.0 Å². The summed E-state index contributed by atoms with van der Waals surface area (Å²) in [5.74, 6) is 2.42. The summed E-state index contributed by atoms with van der Waals surface area (Å²) in [5.41, 5.74) is 3.29. The number of para-hydroxylation sites is 2. The van der Waals surface area contributed by atoms with E-state index in [-0.39, 0.29) is 12.5 Å². The monoisotopic (exact) mass is 488 g/mol. The average Bonchev–Trinajstić information content (AvgIpc) is 2.93. The highest BCUT2D eigenvalue weighted by atomic mass is 16.5. The third-order valence-corrected chi connectivity index (χ3v) is 5.85. The van der Waals surface area contributed by atoms with Crippen LogP contribution in [-0.4, -0.2) is 46.4 Å². The Morgan fingerprint density at radius 2 is 1.42 bits per heavy atom. The van der Waals surface area contributed by atoms with Crippen molar-refractivity contribution in [2.75, 3.05) is 35.5 Å². The summed E-state index contributed by atoms with van der Waals surface area (Å²) < 4.78 is 27.3. The van der Waals surface area contributed by atoms with Gasteiger partial charge in [-0.25, -0.2) is 4.98 Å². The zero-order valence-electron chi connectivity index (χ0n) is 20.9. The molecule has 0 saturated heterocycles. The van der Waals surface area contributed by atoms with Crippen molar-refractivity contribution in [1.29, 1.82) is 0 Å². The first-order valence-electron chi connectivity index (χ1n) is 11.2. The fourth-order valence-electron chi connectivity index (χ4n) is 4.10. The zero-order chi connectivity index (χ0) is 25.7. The molecule has 0 bridgehead atoms. The Labute approximate surface area is 209 Å². The Kier molecular flexibility index (Phi) is 7.44. The number of benzene rings is 3. The molecule has 1 N–H and O–H groups in total. The molecule has 0 atom stereocenters. The van der Waals surface area contributed by atoms with Crippen molar-refractivity contribution in [2.24, 2.45) is 0 Å². The lowest BCUT2D eigenvalue weighted by molar-refractivity contribution is 0.0952. The number of nitrogens with zero attached hydrogens (tertiary/aromatic N) is 1. The molecular formula is C28H28N2O6. The van der Waals surface area contributed by atoms with Gasteiger partial charge in [0.2, 0.25) is 5.75 Å². The summed E-state index contributed by atoms with van der Waals surface area (Å²) in [6, 6.07) is 18.4. The second-order valence-corrected chi connectivity index (χ2v) is 7.82. The predicted octanol–water partition coefficient (Wildman–Crippen LogP) is 4.87. The van der Waals surface area contributed by atoms with Crippen molar-refractivity contribution < 1.29 is 28.5 Å². The molecule has 0 saturated carbocycles. The van der Waals surface area contributed by atoms with Gasteiger partial charge in [-0.2, -0.15) is 0 Å². The molecule has 8 nitrogen and oxygen atoms in total. The summed E-state index contributed by atoms with van der Waals surface area (Å²) in [6.07, 6.45) is 0. The van der Waals surface area contributed by atoms with Crippen LogP contribution in [0.1, 0.15) is 15.9 Å². The third-order valence-electron chi connectivity index (χ3n) is 5.85. The highest BCUT2D eigenvalue weighted by Gasteiger charge is 2.19. The number of ether oxygens (including phenoxy) is 5. The van der Waals surface area contributed by atoms with Gasteiger partial charge in [-0.05, 0) is 30.3 Å². The fraction of sp³-hybridized carbons (Fsp3) is 0.214. The number of rotatable bonds is 9. The van der Waals surface area contributed by atoms with E-state index >= 15 is 0 Å². The lowest BCUT2D eigenvalue weighted by atomic mass is 10.0. The van der Waals surface area contributed by atoms with Crippen molar-refractivity contribution in [1.82, 2.24) is 10.3 Å². The minimum absolute atomic E-state index is 0.243. The Balaban J connectivity index is 1.75. The highest BCUT2D eigenvalue weighted by Crippen LogP contribution is 2.41. The number of fused-ring (bicyclic) bond motifs is 1. The topological polar surface area (TPSA) is 88.1 Å². The third kappa shape index (κ3) is 4.70. The van der Waals surface area contributed by atoms with Gasteiger partial charge >= 0.3 is 0 Å². The molecular weight excluding hydrogens is 460 g/mol. The van der Waals surface area contributed by atoms with E-state index in [2.05, 4.69) is 5.32 Å². The van der Waals surface area contributed by atoms with Crippen LogP contribution in [0.5, 0.6) is 28.7 Å². The summed E-state index contributed by atoms with van der Waals surface area (Å²) in [5, 5.41) is 3.74. The van der Waals surface area contributed by atoms with Crippen molar-refractivity contribution in [2.45, 2.75) is 6.54 Å². The largest absolute Gasteiger partial charge is 0.493 e. The quantitative estimate of drug-likeness (QED) is 0.359. The van der Waals surface area contributed by atoms with Crippen LogP contribution in [0, 0.1) is 0 Å². The molecule has 1 heterocycles. The normalized spacial score (nSPS) is 10.6. The number of carbonyl (C=O) groups excluding carboxylic acids is 1. The summed E-state index contributed by atoms with van der Waals surface area (Å²) in [6.45, 7) is 0.259. The Morgan fingerprint density at radius 1 is 0.750 bits per heavy atom. The van der Waals surface area contributed by atoms with Gasteiger partial charge in [0.25, 0.3) is 5.91 Å². The summed E-state index contributed by atoms with van der Waals surface area (Å²) >= 11 is 0. The predicted molar refractivity (Wildman–Crippen MR) is 138 cm³/mol. The van der Waals surface area contributed by atoms with Crippen LogP contribution < -0.4 is 29.0 Å². The van der Waals surface area contributed by atoms with Crippen molar-refractivity contribution >= 4 is 16.8 Å². The smallest absolute Gasteiger partial charge is 0.252 e. The second-order valence-electron chi connectivity index (χ2n) is 7.82. The first-order valence-corrected chi connectivity index (χ1v) is 11.2. The van der Waals surface area contributed by atoms with E-state index in [1.54, 1.807) is 53.7 Å². The van der Waals surface area contributed by atoms with E-state index in [0.29, 0.717) is 45.5 Å². The van der Waals surface area contributed by atoms with Crippen LogP contribution in [0.4, 0.5) is 0 Å². The van der Waals surface area contributed by atoms with Crippen molar-refractivity contribution in [3.05, 3.63) is 71.8 Å². The molecule has 0 spiro atoms. The number of amides is 1. The first-order chi connectivity index (χ1) is 17.5. The molecule has 4 rings (SSSR count). The van der Waals surface area contributed by atoms with Gasteiger partial charge in [0.1, 0.15) is 0 Å². The van der Waals surface area contributed by atoms with Gasteiger partial charge in [-0.1, -0.05) is 30.3 Å². The maximum Gasteiger partial charge on any atom is 0.252 e. The van der Waals surface area contributed by atoms with Crippen molar-refractivity contribution in [3.8, 4) is 40.0 Å².